The van der Waals surface area contributed by atoms with Crippen LogP contribution in [-0.2, 0) is 21.5 Å². The van der Waals surface area contributed by atoms with E-state index in [4.69, 9.17) is 22.1 Å². The Morgan fingerprint density at radius 1 is 1.22 bits per heavy atom. The number of carboxylic acids is 1. The van der Waals surface area contributed by atoms with Crippen molar-refractivity contribution in [1.82, 2.24) is 4.57 Å². The topological polar surface area (TPSA) is 68.5 Å². The van der Waals surface area contributed by atoms with Crippen molar-refractivity contribution in [2.24, 2.45) is 0 Å². The van der Waals surface area contributed by atoms with Gasteiger partial charge in [0.15, 0.2) is 17.4 Å². The van der Waals surface area contributed by atoms with Crippen molar-refractivity contribution in [2.45, 2.75) is 18.4 Å². The van der Waals surface area contributed by atoms with Crippen LogP contribution >= 0.6 is 12.2 Å². The maximum atomic E-state index is 13.2. The fourth-order valence-corrected chi connectivity index (χ4v) is 3.39. The van der Waals surface area contributed by atoms with Gasteiger partial charge in [-0.15, -0.1) is 0 Å². The third-order valence-corrected chi connectivity index (χ3v) is 4.56. The predicted octanol–water partition coefficient (Wildman–Crippen LogP) is 2.44. The molecule has 2 heterocycles. The van der Waals surface area contributed by atoms with Gasteiger partial charge in [0, 0.05) is 24.0 Å². The Balaban J connectivity index is 2.04. The van der Waals surface area contributed by atoms with Gasteiger partial charge in [-0.2, -0.15) is 0 Å². The van der Waals surface area contributed by atoms with Crippen molar-refractivity contribution in [3.05, 3.63) is 59.9 Å². The number of carbonyl (C=O) groups excluding carboxylic acids is 1. The van der Waals surface area contributed by atoms with E-state index in [-0.39, 0.29) is 10.8 Å². The molecule has 1 aliphatic rings. The first-order valence-electron chi connectivity index (χ1n) is 7.20. The second-order valence-corrected chi connectivity index (χ2v) is 5.78. The van der Waals surface area contributed by atoms with Gasteiger partial charge >= 0.3 is 5.97 Å². The van der Waals surface area contributed by atoms with Crippen molar-refractivity contribution in [1.29, 1.82) is 0 Å². The maximum Gasteiger partial charge on any atom is 0.341 e. The fraction of sp³-hybridized carbons (Fsp3) is 0.235. The Labute approximate surface area is 138 Å². The molecule has 1 unspecified atom stereocenters. The molecule has 3 rings (SSSR count). The first kappa shape index (κ1) is 15.4. The van der Waals surface area contributed by atoms with Gasteiger partial charge in [0.25, 0.3) is 0 Å². The Kier molecular flexibility index (Phi) is 4.00. The Bertz CT molecular complexity index is 768. The highest BCUT2D eigenvalue weighted by atomic mass is 32.1. The number of carbonyl (C=O) groups is 2. The molecule has 23 heavy (non-hydrogen) atoms. The monoisotopic (exact) mass is 329 g/mol. The maximum absolute atomic E-state index is 13.2. The number of ether oxygens (including phenoxy) is 1. The van der Waals surface area contributed by atoms with E-state index >= 15 is 0 Å². The zero-order chi connectivity index (χ0) is 16.4. The van der Waals surface area contributed by atoms with Crippen LogP contribution in [0, 0.1) is 0 Å². The fourth-order valence-electron chi connectivity index (χ4n) is 3.03. The average Bonchev–Trinajstić information content (AvgIpc) is 3.15. The molecule has 0 spiro atoms. The molecular formula is C17H15NO4S. The van der Waals surface area contributed by atoms with Crippen LogP contribution in [0.3, 0.4) is 0 Å². The first-order valence-corrected chi connectivity index (χ1v) is 7.61. The van der Waals surface area contributed by atoms with Gasteiger partial charge in [-0.3, -0.25) is 4.79 Å². The lowest BCUT2D eigenvalue weighted by molar-refractivity contribution is -0.139. The summed E-state index contributed by atoms with van der Waals surface area (Å²) in [6.07, 6.45) is 2.35. The summed E-state index contributed by atoms with van der Waals surface area (Å²) in [6.45, 7) is 0.0842. The Hall–Kier alpha value is -2.47. The number of hydrogen-bond donors (Lipinski definition) is 1. The van der Waals surface area contributed by atoms with E-state index < -0.39 is 18.0 Å². The van der Waals surface area contributed by atoms with Crippen LogP contribution in [-0.4, -0.2) is 33.1 Å². The molecule has 1 aromatic carbocycles. The smallest absolute Gasteiger partial charge is 0.341 e. The van der Waals surface area contributed by atoms with Gasteiger partial charge in [0.1, 0.15) is 5.41 Å². The molecule has 0 fully saturated rings. The number of benzene rings is 1. The second-order valence-electron chi connectivity index (χ2n) is 5.41. The zero-order valence-electron chi connectivity index (χ0n) is 12.3. The molecule has 5 nitrogen and oxygen atoms in total. The summed E-state index contributed by atoms with van der Waals surface area (Å²) in [4.78, 5) is 24.0. The molecule has 0 amide bonds. The molecule has 1 aromatic heterocycles. The van der Waals surface area contributed by atoms with Crippen molar-refractivity contribution in [3.8, 4) is 0 Å². The SMILES string of the molecule is O=C(O)COC(=S)C1(C(=O)c2ccccc2)CCn2cccc21. The van der Waals surface area contributed by atoms with Gasteiger partial charge in [-0.25, -0.2) is 4.79 Å². The van der Waals surface area contributed by atoms with E-state index in [0.717, 1.165) is 5.69 Å². The number of Topliss-reactive ketones (excluding diaryl/α,β-unsaturated/α-hetero) is 1. The molecule has 6 heteroatoms. The first-order chi connectivity index (χ1) is 11.1. The van der Waals surface area contributed by atoms with E-state index in [9.17, 15) is 9.59 Å². The molecule has 1 atom stereocenters. The van der Waals surface area contributed by atoms with Crippen LogP contribution < -0.4 is 0 Å². The number of aryl methyl sites for hydroxylation is 1. The van der Waals surface area contributed by atoms with Gasteiger partial charge in [-0.1, -0.05) is 30.3 Å². The summed E-state index contributed by atoms with van der Waals surface area (Å²) in [5, 5.41) is 8.84. The molecule has 0 aliphatic carbocycles. The largest absolute Gasteiger partial charge is 0.479 e. The number of aliphatic carboxylic acids is 1. The lowest BCUT2D eigenvalue weighted by atomic mass is 9.77. The number of hydrogen-bond acceptors (Lipinski definition) is 4. The van der Waals surface area contributed by atoms with Gasteiger partial charge in [0.05, 0.1) is 0 Å². The molecule has 0 bridgehead atoms. The minimum absolute atomic E-state index is 0.0196. The minimum atomic E-state index is -1.12. The number of aromatic nitrogens is 1. The number of thiocarbonyl (C=S) groups is 1. The Morgan fingerprint density at radius 3 is 2.65 bits per heavy atom. The number of ketones is 1. The predicted molar refractivity (Wildman–Crippen MR) is 87.7 cm³/mol. The third-order valence-electron chi connectivity index (χ3n) is 4.09. The van der Waals surface area contributed by atoms with Gasteiger partial charge in [0.2, 0.25) is 0 Å². The van der Waals surface area contributed by atoms with Crippen molar-refractivity contribution < 1.29 is 19.4 Å². The highest BCUT2D eigenvalue weighted by Crippen LogP contribution is 2.40. The second kappa shape index (κ2) is 5.96. The summed E-state index contributed by atoms with van der Waals surface area (Å²) in [7, 11) is 0. The number of rotatable bonds is 5. The van der Waals surface area contributed by atoms with E-state index in [2.05, 4.69) is 0 Å². The lowest BCUT2D eigenvalue weighted by Gasteiger charge is -2.27. The molecule has 0 radical (unpaired) electrons. The molecule has 2 aromatic rings. The zero-order valence-corrected chi connectivity index (χ0v) is 13.1. The van der Waals surface area contributed by atoms with Crippen LogP contribution in [0.5, 0.6) is 0 Å². The average molecular weight is 329 g/mol. The Morgan fingerprint density at radius 2 is 1.96 bits per heavy atom. The van der Waals surface area contributed by atoms with Gasteiger partial charge in [-0.05, 0) is 30.8 Å². The molecule has 0 saturated carbocycles. The summed E-state index contributed by atoms with van der Waals surface area (Å²) in [6, 6.07) is 12.6. The van der Waals surface area contributed by atoms with Gasteiger partial charge < -0.3 is 14.4 Å². The van der Waals surface area contributed by atoms with E-state index in [1.165, 1.54) is 0 Å². The summed E-state index contributed by atoms with van der Waals surface area (Å²) in [5.74, 6) is -1.28. The van der Waals surface area contributed by atoms with E-state index in [1.54, 1.807) is 24.3 Å². The molecule has 0 saturated heterocycles. The van der Waals surface area contributed by atoms with Crippen molar-refractivity contribution in [2.75, 3.05) is 6.61 Å². The normalized spacial score (nSPS) is 19.1. The summed E-state index contributed by atoms with van der Waals surface area (Å²) < 4.78 is 7.21. The van der Waals surface area contributed by atoms with Crippen LogP contribution in [0.4, 0.5) is 0 Å². The minimum Gasteiger partial charge on any atom is -0.479 e. The quantitative estimate of drug-likeness (QED) is 0.674. The van der Waals surface area contributed by atoms with E-state index in [0.29, 0.717) is 18.5 Å². The van der Waals surface area contributed by atoms with Crippen molar-refractivity contribution in [3.63, 3.8) is 0 Å². The number of fused-ring (bicyclic) bond motifs is 1. The molecular weight excluding hydrogens is 314 g/mol. The van der Waals surface area contributed by atoms with Crippen LogP contribution in [0.15, 0.2) is 48.7 Å². The highest BCUT2D eigenvalue weighted by molar-refractivity contribution is 7.80. The number of carboxylic acid groups (broad SMARTS) is 1. The van der Waals surface area contributed by atoms with E-state index in [1.807, 2.05) is 29.0 Å². The molecule has 1 aliphatic heterocycles. The molecule has 118 valence electrons. The van der Waals surface area contributed by atoms with Crippen LogP contribution in [0.25, 0.3) is 0 Å². The van der Waals surface area contributed by atoms with Crippen LogP contribution in [0.2, 0.25) is 0 Å². The summed E-state index contributed by atoms with van der Waals surface area (Å²) >= 11 is 5.34. The standard InChI is InChI=1S/C17H15NO4S/c19-14(20)11-22-16(23)17(8-10-18-9-4-7-13(17)18)15(21)12-5-2-1-3-6-12/h1-7,9H,8,10-11H2,(H,19,20). The van der Waals surface area contributed by atoms with Crippen molar-refractivity contribution >= 4 is 29.0 Å². The lowest BCUT2D eigenvalue weighted by Crippen LogP contribution is -2.43. The third kappa shape index (κ3) is 2.55. The van der Waals surface area contributed by atoms with Crippen LogP contribution in [0.1, 0.15) is 22.5 Å². The summed E-state index contributed by atoms with van der Waals surface area (Å²) in [5.41, 5.74) is 0.167. The number of nitrogens with zero attached hydrogens (tertiary/aromatic N) is 1. The highest BCUT2D eigenvalue weighted by Gasteiger charge is 2.50. The molecule has 1 N–H and O–H groups in total.